The van der Waals surface area contributed by atoms with Crippen molar-refractivity contribution in [1.82, 2.24) is 5.16 Å². The summed E-state index contributed by atoms with van der Waals surface area (Å²) in [6.45, 7) is 3.56. The SMILES string of the molecule is COc1ccccc1C(C)OC(=O)Nc1c(-c2ccc(-c3ccc(C4CC4)cc3)cc2)noc1C. The number of carbonyl (C=O) groups is 1. The van der Waals surface area contributed by atoms with Crippen LogP contribution in [-0.4, -0.2) is 18.4 Å². The second-order valence-corrected chi connectivity index (χ2v) is 8.85. The molecule has 1 saturated carbocycles. The summed E-state index contributed by atoms with van der Waals surface area (Å²) in [6, 6.07) is 24.3. The largest absolute Gasteiger partial charge is 0.496 e. The van der Waals surface area contributed by atoms with Crippen LogP contribution in [0, 0.1) is 6.92 Å². The number of hydrogen-bond donors (Lipinski definition) is 1. The summed E-state index contributed by atoms with van der Waals surface area (Å²) in [5.41, 5.74) is 6.39. The highest BCUT2D eigenvalue weighted by molar-refractivity contribution is 5.91. The number of aromatic nitrogens is 1. The third-order valence-corrected chi connectivity index (χ3v) is 6.40. The van der Waals surface area contributed by atoms with Crippen molar-refractivity contribution >= 4 is 11.8 Å². The molecule has 6 nitrogen and oxygen atoms in total. The molecule has 1 unspecified atom stereocenters. The Balaban J connectivity index is 1.30. The normalized spacial score (nSPS) is 13.8. The van der Waals surface area contributed by atoms with E-state index < -0.39 is 12.2 Å². The Kier molecular flexibility index (Phi) is 6.27. The van der Waals surface area contributed by atoms with Crippen molar-refractivity contribution in [2.24, 2.45) is 0 Å². The molecule has 1 fully saturated rings. The lowest BCUT2D eigenvalue weighted by molar-refractivity contribution is 0.119. The van der Waals surface area contributed by atoms with Crippen LogP contribution in [0.15, 0.2) is 77.3 Å². The Morgan fingerprint density at radius 1 is 0.971 bits per heavy atom. The zero-order chi connectivity index (χ0) is 24.4. The second-order valence-electron chi connectivity index (χ2n) is 8.85. The van der Waals surface area contributed by atoms with Crippen LogP contribution in [0.1, 0.15) is 48.7 Å². The van der Waals surface area contributed by atoms with Crippen LogP contribution >= 0.6 is 0 Å². The van der Waals surface area contributed by atoms with Crippen molar-refractivity contribution < 1.29 is 18.8 Å². The zero-order valence-electron chi connectivity index (χ0n) is 20.1. The highest BCUT2D eigenvalue weighted by atomic mass is 16.6. The van der Waals surface area contributed by atoms with E-state index in [2.05, 4.69) is 46.9 Å². The standard InChI is InChI=1S/C29H28N2O4/c1-18(25-6-4-5-7-26(25)33-3)34-29(32)30-27-19(2)35-31-28(27)24-16-14-23(15-17-24)22-12-10-21(11-13-22)20-8-9-20/h4-7,10-18,20H,8-9H2,1-3H3,(H,30,32). The van der Waals surface area contributed by atoms with E-state index in [0.29, 0.717) is 22.9 Å². The molecule has 6 heteroatoms. The van der Waals surface area contributed by atoms with Gasteiger partial charge in [0.2, 0.25) is 0 Å². The monoisotopic (exact) mass is 468 g/mol. The van der Waals surface area contributed by atoms with E-state index in [0.717, 1.165) is 22.6 Å². The molecule has 0 radical (unpaired) electrons. The first-order chi connectivity index (χ1) is 17.0. The molecule has 1 heterocycles. The van der Waals surface area contributed by atoms with Crippen molar-refractivity contribution in [1.29, 1.82) is 0 Å². The molecule has 5 rings (SSSR count). The number of amides is 1. The molecule has 0 spiro atoms. The maximum absolute atomic E-state index is 12.7. The molecule has 0 aliphatic heterocycles. The van der Waals surface area contributed by atoms with Gasteiger partial charge in [-0.1, -0.05) is 71.9 Å². The van der Waals surface area contributed by atoms with Crippen LogP contribution in [0.5, 0.6) is 5.75 Å². The average molecular weight is 469 g/mol. The molecular weight excluding hydrogens is 440 g/mol. The molecular formula is C29H28N2O4. The number of methoxy groups -OCH3 is 1. The minimum Gasteiger partial charge on any atom is -0.496 e. The predicted octanol–water partition coefficient (Wildman–Crippen LogP) is 7.51. The lowest BCUT2D eigenvalue weighted by Crippen LogP contribution is -2.17. The second kappa shape index (κ2) is 9.66. The molecule has 1 aliphatic rings. The van der Waals surface area contributed by atoms with Gasteiger partial charge >= 0.3 is 6.09 Å². The van der Waals surface area contributed by atoms with E-state index in [4.69, 9.17) is 14.0 Å². The fourth-order valence-corrected chi connectivity index (χ4v) is 4.26. The number of benzene rings is 3. The highest BCUT2D eigenvalue weighted by Crippen LogP contribution is 2.40. The summed E-state index contributed by atoms with van der Waals surface area (Å²) < 4.78 is 16.4. The lowest BCUT2D eigenvalue weighted by Gasteiger charge is -2.17. The van der Waals surface area contributed by atoms with Gasteiger partial charge < -0.3 is 14.0 Å². The van der Waals surface area contributed by atoms with Crippen LogP contribution < -0.4 is 10.1 Å². The topological polar surface area (TPSA) is 73.6 Å². The summed E-state index contributed by atoms with van der Waals surface area (Å²) in [5, 5.41) is 6.99. The van der Waals surface area contributed by atoms with E-state index >= 15 is 0 Å². The van der Waals surface area contributed by atoms with Gasteiger partial charge in [0.05, 0.1) is 7.11 Å². The van der Waals surface area contributed by atoms with Crippen LogP contribution in [0.25, 0.3) is 22.4 Å². The molecule has 0 bridgehead atoms. The van der Waals surface area contributed by atoms with Crippen molar-refractivity contribution in [3.63, 3.8) is 0 Å². The number of para-hydroxylation sites is 1. The zero-order valence-corrected chi connectivity index (χ0v) is 20.1. The van der Waals surface area contributed by atoms with Gasteiger partial charge in [-0.15, -0.1) is 0 Å². The van der Waals surface area contributed by atoms with Gasteiger partial charge in [-0.05, 0) is 55.4 Å². The summed E-state index contributed by atoms with van der Waals surface area (Å²) in [4.78, 5) is 12.7. The molecule has 1 aromatic heterocycles. The highest BCUT2D eigenvalue weighted by Gasteiger charge is 2.23. The Morgan fingerprint density at radius 2 is 1.60 bits per heavy atom. The molecule has 35 heavy (non-hydrogen) atoms. The third-order valence-electron chi connectivity index (χ3n) is 6.40. The minimum absolute atomic E-state index is 0.490. The maximum atomic E-state index is 12.7. The van der Waals surface area contributed by atoms with Gasteiger partial charge in [-0.3, -0.25) is 5.32 Å². The fourth-order valence-electron chi connectivity index (χ4n) is 4.26. The van der Waals surface area contributed by atoms with Crippen LogP contribution in [0.4, 0.5) is 10.5 Å². The van der Waals surface area contributed by atoms with Crippen LogP contribution in [-0.2, 0) is 4.74 Å². The van der Waals surface area contributed by atoms with Gasteiger partial charge in [0.25, 0.3) is 0 Å². The number of ether oxygens (including phenoxy) is 2. The number of rotatable bonds is 7. The Hall–Kier alpha value is -4.06. The van der Waals surface area contributed by atoms with Crippen molar-refractivity contribution in [3.05, 3.63) is 89.7 Å². The molecule has 1 amide bonds. The van der Waals surface area contributed by atoms with E-state index in [1.165, 1.54) is 24.0 Å². The summed E-state index contributed by atoms with van der Waals surface area (Å²) in [5.74, 6) is 1.91. The Morgan fingerprint density at radius 3 is 2.26 bits per heavy atom. The predicted molar refractivity (Wildman–Crippen MR) is 136 cm³/mol. The van der Waals surface area contributed by atoms with Gasteiger partial charge in [0, 0.05) is 11.1 Å². The number of anilines is 1. The first-order valence-electron chi connectivity index (χ1n) is 11.8. The third kappa shape index (κ3) is 4.92. The minimum atomic E-state index is -0.594. The number of hydrogen-bond acceptors (Lipinski definition) is 5. The van der Waals surface area contributed by atoms with E-state index in [1.807, 2.05) is 36.4 Å². The van der Waals surface area contributed by atoms with Crippen molar-refractivity contribution in [3.8, 4) is 28.1 Å². The molecule has 1 aliphatic carbocycles. The molecule has 178 valence electrons. The van der Waals surface area contributed by atoms with Crippen LogP contribution in [0.3, 0.4) is 0 Å². The first kappa shape index (κ1) is 22.7. The first-order valence-corrected chi connectivity index (χ1v) is 11.8. The van der Waals surface area contributed by atoms with Gasteiger partial charge in [-0.25, -0.2) is 4.79 Å². The number of carbonyl (C=O) groups excluding carboxylic acids is 1. The Bertz CT molecular complexity index is 1320. The van der Waals surface area contributed by atoms with Gasteiger partial charge in [-0.2, -0.15) is 0 Å². The lowest BCUT2D eigenvalue weighted by atomic mass is 10.00. The Labute approximate surface area is 204 Å². The van der Waals surface area contributed by atoms with Gasteiger partial charge in [0.1, 0.15) is 23.2 Å². The molecule has 1 atom stereocenters. The fraction of sp³-hybridized carbons (Fsp3) is 0.241. The van der Waals surface area contributed by atoms with Crippen LogP contribution in [0.2, 0.25) is 0 Å². The number of aryl methyl sites for hydroxylation is 1. The van der Waals surface area contributed by atoms with E-state index in [9.17, 15) is 4.79 Å². The summed E-state index contributed by atoms with van der Waals surface area (Å²) in [7, 11) is 1.59. The number of nitrogens with zero attached hydrogens (tertiary/aromatic N) is 1. The molecule has 0 saturated heterocycles. The number of nitrogens with one attached hydrogen (secondary N) is 1. The van der Waals surface area contributed by atoms with E-state index in [1.54, 1.807) is 21.0 Å². The van der Waals surface area contributed by atoms with E-state index in [-0.39, 0.29) is 0 Å². The molecule has 1 N–H and O–H groups in total. The summed E-state index contributed by atoms with van der Waals surface area (Å²) >= 11 is 0. The molecule has 4 aromatic rings. The summed E-state index contributed by atoms with van der Waals surface area (Å²) in [6.07, 6.45) is 1.51. The van der Waals surface area contributed by atoms with Crippen molar-refractivity contribution in [2.75, 3.05) is 12.4 Å². The van der Waals surface area contributed by atoms with Crippen molar-refractivity contribution in [2.45, 2.75) is 38.7 Å². The average Bonchev–Trinajstić information content (AvgIpc) is 3.68. The van der Waals surface area contributed by atoms with Gasteiger partial charge in [0.15, 0.2) is 5.76 Å². The maximum Gasteiger partial charge on any atom is 0.412 e. The smallest absolute Gasteiger partial charge is 0.412 e. The quantitative estimate of drug-likeness (QED) is 0.304. The molecule has 3 aromatic carbocycles.